The van der Waals surface area contributed by atoms with Gasteiger partial charge in [-0.05, 0) is 12.6 Å². The molecule has 1 unspecified atom stereocenters. The summed E-state index contributed by atoms with van der Waals surface area (Å²) in [5.74, 6) is 0.279. The summed E-state index contributed by atoms with van der Waals surface area (Å²) >= 11 is 0. The fourth-order valence-corrected chi connectivity index (χ4v) is 3.23. The molecule has 1 aromatic rings. The lowest BCUT2D eigenvalue weighted by atomic mass is 10.2. The zero-order valence-corrected chi connectivity index (χ0v) is 15.7. The molecule has 10 heteroatoms. The summed E-state index contributed by atoms with van der Waals surface area (Å²) in [5, 5.41) is 10.3. The van der Waals surface area contributed by atoms with Crippen molar-refractivity contribution >= 4 is 5.95 Å². The van der Waals surface area contributed by atoms with Crippen molar-refractivity contribution in [3.05, 3.63) is 30.2 Å². The second-order valence-corrected chi connectivity index (χ2v) is 6.88. The van der Waals surface area contributed by atoms with Crippen LogP contribution in [-0.4, -0.2) is 83.6 Å². The average Bonchev–Trinajstić information content (AvgIpc) is 3.21. The van der Waals surface area contributed by atoms with Gasteiger partial charge in [0.25, 0.3) is 0 Å². The number of ether oxygens (including phenoxy) is 1. The zero-order valence-electron chi connectivity index (χ0n) is 15.7. The van der Waals surface area contributed by atoms with Crippen molar-refractivity contribution in [3.8, 4) is 0 Å². The molecule has 0 saturated carbocycles. The minimum Gasteiger partial charge on any atom is -0.379 e. The number of alkyl halides is 3. The van der Waals surface area contributed by atoms with Crippen LogP contribution in [0.15, 0.2) is 24.7 Å². The van der Waals surface area contributed by atoms with E-state index in [-0.39, 0.29) is 5.95 Å². The van der Waals surface area contributed by atoms with E-state index in [1.807, 2.05) is 9.80 Å². The third-order valence-electron chi connectivity index (χ3n) is 4.93. The van der Waals surface area contributed by atoms with E-state index in [0.29, 0.717) is 45.8 Å². The number of piperazine rings is 1. The first-order valence-corrected chi connectivity index (χ1v) is 9.48. The van der Waals surface area contributed by atoms with Crippen LogP contribution < -0.4 is 4.90 Å². The van der Waals surface area contributed by atoms with Crippen LogP contribution in [0.2, 0.25) is 0 Å². The van der Waals surface area contributed by atoms with Crippen LogP contribution in [0.3, 0.4) is 0 Å². The van der Waals surface area contributed by atoms with Gasteiger partial charge in [0.05, 0.1) is 18.8 Å². The standard InChI is InChI=1S/C18H26F3N5O2/c19-18(20,21)15-13-22-17(23-14-15)26-8-6-25(7-9-26)16(27)3-11-28-12-10-24-4-1-2-5-24/h1,4,13-14,16,27H,2-3,5-12H2. The van der Waals surface area contributed by atoms with Gasteiger partial charge < -0.3 is 19.6 Å². The maximum absolute atomic E-state index is 12.6. The molecule has 1 fully saturated rings. The minimum atomic E-state index is -4.44. The zero-order chi connectivity index (χ0) is 20.0. The van der Waals surface area contributed by atoms with Crippen molar-refractivity contribution in [2.45, 2.75) is 25.2 Å². The van der Waals surface area contributed by atoms with E-state index in [9.17, 15) is 18.3 Å². The quantitative estimate of drug-likeness (QED) is 0.664. The van der Waals surface area contributed by atoms with Crippen molar-refractivity contribution in [2.24, 2.45) is 0 Å². The van der Waals surface area contributed by atoms with Gasteiger partial charge in [0.15, 0.2) is 0 Å². The monoisotopic (exact) mass is 401 g/mol. The fraction of sp³-hybridized carbons (Fsp3) is 0.667. The highest BCUT2D eigenvalue weighted by Crippen LogP contribution is 2.28. The van der Waals surface area contributed by atoms with E-state index >= 15 is 0 Å². The van der Waals surface area contributed by atoms with Crippen LogP contribution >= 0.6 is 0 Å². The number of aromatic nitrogens is 2. The molecule has 0 amide bonds. The largest absolute Gasteiger partial charge is 0.419 e. The number of nitrogens with zero attached hydrogens (tertiary/aromatic N) is 5. The van der Waals surface area contributed by atoms with Crippen molar-refractivity contribution < 1.29 is 23.0 Å². The SMILES string of the molecule is OC(CCOCCN1C=CCC1)N1CCN(c2ncc(C(F)(F)F)cn2)CC1. The molecule has 0 radical (unpaired) electrons. The van der Waals surface area contributed by atoms with Gasteiger partial charge in [-0.1, -0.05) is 6.08 Å². The summed E-state index contributed by atoms with van der Waals surface area (Å²) in [6.07, 6.45) is 2.40. The summed E-state index contributed by atoms with van der Waals surface area (Å²) in [6, 6.07) is 0. The molecule has 7 nitrogen and oxygen atoms in total. The third-order valence-corrected chi connectivity index (χ3v) is 4.93. The Bertz CT molecular complexity index is 633. The Balaban J connectivity index is 1.34. The van der Waals surface area contributed by atoms with E-state index in [1.54, 1.807) is 0 Å². The Kier molecular flexibility index (Phi) is 7.08. The molecule has 0 aliphatic carbocycles. The van der Waals surface area contributed by atoms with Crippen LogP contribution in [0.5, 0.6) is 0 Å². The summed E-state index contributed by atoms with van der Waals surface area (Å²) in [6.45, 7) is 5.29. The number of aliphatic hydroxyl groups excluding tert-OH is 1. The fourth-order valence-electron chi connectivity index (χ4n) is 3.23. The normalized spacial score (nSPS) is 19.4. The van der Waals surface area contributed by atoms with Crippen LogP contribution in [0.1, 0.15) is 18.4 Å². The Labute approximate surface area is 162 Å². The predicted octanol–water partition coefficient (Wildman–Crippen LogP) is 1.56. The van der Waals surface area contributed by atoms with Gasteiger partial charge in [-0.15, -0.1) is 0 Å². The van der Waals surface area contributed by atoms with Gasteiger partial charge in [-0.3, -0.25) is 4.90 Å². The van der Waals surface area contributed by atoms with Crippen molar-refractivity contribution in [1.29, 1.82) is 0 Å². The van der Waals surface area contributed by atoms with Gasteiger partial charge in [0.1, 0.15) is 6.23 Å². The second kappa shape index (κ2) is 9.53. The molecule has 1 atom stereocenters. The lowest BCUT2D eigenvalue weighted by Gasteiger charge is -2.37. The van der Waals surface area contributed by atoms with E-state index < -0.39 is 18.0 Å². The summed E-state index contributed by atoms with van der Waals surface area (Å²) in [5.41, 5.74) is -0.855. The lowest BCUT2D eigenvalue weighted by molar-refractivity contribution is -0.138. The maximum Gasteiger partial charge on any atom is 0.419 e. The molecule has 2 aliphatic rings. The number of anilines is 1. The van der Waals surface area contributed by atoms with Gasteiger partial charge >= 0.3 is 6.18 Å². The highest BCUT2D eigenvalue weighted by Gasteiger charge is 2.32. The van der Waals surface area contributed by atoms with E-state index in [0.717, 1.165) is 31.9 Å². The van der Waals surface area contributed by atoms with E-state index in [2.05, 4.69) is 27.1 Å². The van der Waals surface area contributed by atoms with Crippen molar-refractivity contribution in [3.63, 3.8) is 0 Å². The van der Waals surface area contributed by atoms with Gasteiger partial charge in [-0.2, -0.15) is 13.2 Å². The number of hydrogen-bond acceptors (Lipinski definition) is 7. The molecule has 28 heavy (non-hydrogen) atoms. The molecule has 1 N–H and O–H groups in total. The molecular weight excluding hydrogens is 375 g/mol. The highest BCUT2D eigenvalue weighted by molar-refractivity contribution is 5.31. The molecule has 0 aromatic carbocycles. The predicted molar refractivity (Wildman–Crippen MR) is 97.6 cm³/mol. The van der Waals surface area contributed by atoms with Gasteiger partial charge in [0, 0.05) is 58.1 Å². The molecule has 0 bridgehead atoms. The van der Waals surface area contributed by atoms with Crippen molar-refractivity contribution in [2.75, 3.05) is 57.4 Å². The van der Waals surface area contributed by atoms with E-state index in [1.165, 1.54) is 0 Å². The first-order chi connectivity index (χ1) is 13.4. The Morgan fingerprint density at radius 1 is 1.07 bits per heavy atom. The third kappa shape index (κ3) is 5.79. The number of aliphatic hydroxyl groups is 1. The smallest absolute Gasteiger partial charge is 0.379 e. The molecule has 2 aliphatic heterocycles. The van der Waals surface area contributed by atoms with Crippen LogP contribution in [0.25, 0.3) is 0 Å². The maximum atomic E-state index is 12.6. The van der Waals surface area contributed by atoms with Gasteiger partial charge in [0.2, 0.25) is 5.95 Å². The topological polar surface area (TPSA) is 65.0 Å². The molecule has 1 aromatic heterocycles. The second-order valence-electron chi connectivity index (χ2n) is 6.88. The molecule has 3 rings (SSSR count). The van der Waals surface area contributed by atoms with Crippen molar-refractivity contribution in [1.82, 2.24) is 19.8 Å². The molecule has 1 saturated heterocycles. The minimum absolute atomic E-state index is 0.279. The number of hydrogen-bond donors (Lipinski definition) is 1. The first-order valence-electron chi connectivity index (χ1n) is 9.48. The lowest BCUT2D eigenvalue weighted by Crippen LogP contribution is -2.51. The highest BCUT2D eigenvalue weighted by atomic mass is 19.4. The summed E-state index contributed by atoms with van der Waals surface area (Å²) in [4.78, 5) is 13.6. The Morgan fingerprint density at radius 3 is 2.39 bits per heavy atom. The first kappa shape index (κ1) is 20.8. The Hall–Kier alpha value is -1.91. The average molecular weight is 401 g/mol. The summed E-state index contributed by atoms with van der Waals surface area (Å²) in [7, 11) is 0. The number of rotatable bonds is 8. The summed E-state index contributed by atoms with van der Waals surface area (Å²) < 4.78 is 43.4. The van der Waals surface area contributed by atoms with E-state index in [4.69, 9.17) is 4.74 Å². The Morgan fingerprint density at radius 2 is 1.79 bits per heavy atom. The number of halogens is 3. The van der Waals surface area contributed by atoms with Crippen LogP contribution in [0.4, 0.5) is 19.1 Å². The van der Waals surface area contributed by atoms with Crippen LogP contribution in [-0.2, 0) is 10.9 Å². The van der Waals surface area contributed by atoms with Crippen LogP contribution in [0, 0.1) is 0 Å². The molecular formula is C18H26F3N5O2. The van der Waals surface area contributed by atoms with Gasteiger partial charge in [-0.25, -0.2) is 9.97 Å². The molecule has 3 heterocycles. The molecule has 156 valence electrons. The molecule has 0 spiro atoms.